The molecule has 0 heterocycles. The molecule has 4 nitrogen and oxygen atoms in total. The number of hydrogen-bond donors (Lipinski definition) is 2. The van der Waals surface area contributed by atoms with Gasteiger partial charge in [-0.2, -0.15) is 0 Å². The molecule has 6 heteroatoms. The molecule has 2 N–H and O–H groups in total. The molecule has 128 valence electrons. The number of hydrogen-bond acceptors (Lipinski definition) is 3. The first-order chi connectivity index (χ1) is 11.5. The molecular weight excluding hydrogens is 347 g/mol. The van der Waals surface area contributed by atoms with Gasteiger partial charge in [-0.3, -0.25) is 4.79 Å². The third kappa shape index (κ3) is 5.62. The Morgan fingerprint density at radius 2 is 1.75 bits per heavy atom. The smallest absolute Gasteiger partial charge is 0.243 e. The molecule has 0 aliphatic heterocycles. The van der Waals surface area contributed by atoms with Crippen molar-refractivity contribution in [3.63, 3.8) is 0 Å². The van der Waals surface area contributed by atoms with Crippen LogP contribution in [0.2, 0.25) is 10.0 Å². The Hall–Kier alpha value is -1.91. The minimum Gasteiger partial charge on any atom is -0.491 e. The monoisotopic (exact) mass is 366 g/mol. The van der Waals surface area contributed by atoms with Gasteiger partial charge in [0, 0.05) is 11.4 Å². The van der Waals surface area contributed by atoms with Crippen molar-refractivity contribution in [3.8, 4) is 5.75 Å². The molecule has 0 spiro atoms. The third-order valence-electron chi connectivity index (χ3n) is 3.42. The highest BCUT2D eigenvalue weighted by Gasteiger charge is 2.05. The Balaban J connectivity index is 1.84. The zero-order valence-electron chi connectivity index (χ0n) is 13.6. The van der Waals surface area contributed by atoms with Crippen LogP contribution in [0.3, 0.4) is 0 Å². The molecule has 1 atom stereocenters. The van der Waals surface area contributed by atoms with E-state index < -0.39 is 0 Å². The summed E-state index contributed by atoms with van der Waals surface area (Å²) in [6.45, 7) is 4.25. The van der Waals surface area contributed by atoms with Gasteiger partial charge in [0.05, 0.1) is 22.7 Å². The van der Waals surface area contributed by atoms with E-state index in [0.29, 0.717) is 15.7 Å². The molecule has 0 radical (unpaired) electrons. The van der Waals surface area contributed by atoms with E-state index in [1.54, 1.807) is 18.2 Å². The highest BCUT2D eigenvalue weighted by molar-refractivity contribution is 6.42. The topological polar surface area (TPSA) is 50.4 Å². The summed E-state index contributed by atoms with van der Waals surface area (Å²) in [7, 11) is 0. The van der Waals surface area contributed by atoms with Crippen LogP contribution >= 0.6 is 23.2 Å². The Labute approximate surface area is 152 Å². The second kappa shape index (κ2) is 8.81. The maximum Gasteiger partial charge on any atom is 0.243 e. The van der Waals surface area contributed by atoms with Crippen LogP contribution < -0.4 is 15.4 Å². The molecule has 1 unspecified atom stereocenters. The fraction of sp³-hybridized carbons (Fsp3) is 0.278. The lowest BCUT2D eigenvalue weighted by Crippen LogP contribution is -2.21. The Morgan fingerprint density at radius 3 is 2.38 bits per heavy atom. The van der Waals surface area contributed by atoms with Gasteiger partial charge in [0.15, 0.2) is 0 Å². The van der Waals surface area contributed by atoms with E-state index in [4.69, 9.17) is 27.9 Å². The molecule has 0 bridgehead atoms. The van der Waals surface area contributed by atoms with Crippen molar-refractivity contribution in [2.45, 2.75) is 26.4 Å². The summed E-state index contributed by atoms with van der Waals surface area (Å²) < 4.78 is 5.71. The molecular formula is C18H20Cl2N2O2. The molecule has 2 aromatic carbocycles. The van der Waals surface area contributed by atoms with Crippen LogP contribution in [-0.2, 0) is 4.79 Å². The average molecular weight is 367 g/mol. The van der Waals surface area contributed by atoms with Gasteiger partial charge in [0.2, 0.25) is 5.91 Å². The van der Waals surface area contributed by atoms with Crippen LogP contribution in [0, 0.1) is 0 Å². The number of carbonyl (C=O) groups excluding carboxylic acids is 1. The zero-order valence-corrected chi connectivity index (χ0v) is 15.1. The van der Waals surface area contributed by atoms with E-state index in [1.165, 1.54) is 0 Å². The van der Waals surface area contributed by atoms with Crippen LogP contribution in [0.4, 0.5) is 11.4 Å². The largest absolute Gasteiger partial charge is 0.491 e. The maximum atomic E-state index is 12.0. The Morgan fingerprint density at radius 1 is 1.08 bits per heavy atom. The fourth-order valence-electron chi connectivity index (χ4n) is 1.93. The van der Waals surface area contributed by atoms with Crippen molar-refractivity contribution in [1.29, 1.82) is 0 Å². The number of ether oxygens (including phenoxy) is 1. The highest BCUT2D eigenvalue weighted by Crippen LogP contribution is 2.25. The first kappa shape index (κ1) is 18.4. The lowest BCUT2D eigenvalue weighted by atomic mass is 10.2. The molecule has 24 heavy (non-hydrogen) atoms. The van der Waals surface area contributed by atoms with Gasteiger partial charge in [-0.15, -0.1) is 0 Å². The summed E-state index contributed by atoms with van der Waals surface area (Å²) >= 11 is 11.8. The Kier molecular flexibility index (Phi) is 6.76. The number of amides is 1. The van der Waals surface area contributed by atoms with Crippen molar-refractivity contribution in [2.24, 2.45) is 0 Å². The van der Waals surface area contributed by atoms with Crippen molar-refractivity contribution in [3.05, 3.63) is 52.5 Å². The van der Waals surface area contributed by atoms with Crippen LogP contribution in [0.15, 0.2) is 42.5 Å². The number of benzene rings is 2. The fourth-order valence-corrected chi connectivity index (χ4v) is 2.23. The zero-order chi connectivity index (χ0) is 17.5. The molecule has 0 fully saturated rings. The van der Waals surface area contributed by atoms with Gasteiger partial charge in [-0.05, 0) is 55.8 Å². The number of anilines is 2. The standard InChI is InChI=1S/C18H20Cl2N2O2/c1-3-12(2)24-15-7-4-13(5-8-15)21-11-18(23)22-14-6-9-16(19)17(20)10-14/h4-10,12,21H,3,11H2,1-2H3,(H,22,23). The third-order valence-corrected chi connectivity index (χ3v) is 4.16. The van der Waals surface area contributed by atoms with Gasteiger partial charge in [-0.1, -0.05) is 30.1 Å². The normalized spacial score (nSPS) is 11.7. The van der Waals surface area contributed by atoms with E-state index in [0.717, 1.165) is 17.9 Å². The summed E-state index contributed by atoms with van der Waals surface area (Å²) in [4.78, 5) is 12.0. The summed E-state index contributed by atoms with van der Waals surface area (Å²) in [5.41, 5.74) is 1.45. The quantitative estimate of drug-likeness (QED) is 0.705. The predicted octanol–water partition coefficient (Wildman–Crippen LogP) is 5.22. The minimum absolute atomic E-state index is 0.145. The predicted molar refractivity (Wildman–Crippen MR) is 100 cm³/mol. The molecule has 0 aromatic heterocycles. The van der Waals surface area contributed by atoms with Gasteiger partial charge in [0.1, 0.15) is 5.75 Å². The lowest BCUT2D eigenvalue weighted by Gasteiger charge is -2.13. The van der Waals surface area contributed by atoms with Crippen LogP contribution in [0.25, 0.3) is 0 Å². The Bertz CT molecular complexity index is 690. The van der Waals surface area contributed by atoms with Crippen molar-refractivity contribution < 1.29 is 9.53 Å². The molecule has 0 saturated carbocycles. The van der Waals surface area contributed by atoms with Gasteiger partial charge < -0.3 is 15.4 Å². The average Bonchev–Trinajstić information content (AvgIpc) is 2.57. The summed E-state index contributed by atoms with van der Waals surface area (Å²) in [5.74, 6) is 0.642. The van der Waals surface area contributed by atoms with E-state index in [2.05, 4.69) is 17.6 Å². The first-order valence-electron chi connectivity index (χ1n) is 7.73. The molecule has 1 amide bonds. The SMILES string of the molecule is CCC(C)Oc1ccc(NCC(=O)Nc2ccc(Cl)c(Cl)c2)cc1. The molecule has 0 aliphatic carbocycles. The number of carbonyl (C=O) groups is 1. The number of rotatable bonds is 7. The van der Waals surface area contributed by atoms with Crippen molar-refractivity contribution >= 4 is 40.5 Å². The lowest BCUT2D eigenvalue weighted by molar-refractivity contribution is -0.114. The highest BCUT2D eigenvalue weighted by atomic mass is 35.5. The second-order valence-electron chi connectivity index (χ2n) is 5.39. The van der Waals surface area contributed by atoms with Crippen molar-refractivity contribution in [2.75, 3.05) is 17.2 Å². The maximum absolute atomic E-state index is 12.0. The van der Waals surface area contributed by atoms with Gasteiger partial charge in [-0.25, -0.2) is 0 Å². The summed E-state index contributed by atoms with van der Waals surface area (Å²) in [6, 6.07) is 12.5. The van der Waals surface area contributed by atoms with Crippen LogP contribution in [0.5, 0.6) is 5.75 Å². The number of halogens is 2. The second-order valence-corrected chi connectivity index (χ2v) is 6.21. The van der Waals surface area contributed by atoms with E-state index in [9.17, 15) is 4.79 Å². The van der Waals surface area contributed by atoms with Crippen LogP contribution in [0.1, 0.15) is 20.3 Å². The van der Waals surface area contributed by atoms with Crippen molar-refractivity contribution in [1.82, 2.24) is 0 Å². The van der Waals surface area contributed by atoms with E-state index >= 15 is 0 Å². The van der Waals surface area contributed by atoms with E-state index in [-0.39, 0.29) is 18.6 Å². The summed E-state index contributed by atoms with van der Waals surface area (Å²) in [5, 5.41) is 6.67. The van der Waals surface area contributed by atoms with Crippen LogP contribution in [-0.4, -0.2) is 18.6 Å². The van der Waals surface area contributed by atoms with E-state index in [1.807, 2.05) is 31.2 Å². The first-order valence-corrected chi connectivity index (χ1v) is 8.49. The summed E-state index contributed by atoms with van der Waals surface area (Å²) in [6.07, 6.45) is 1.13. The molecule has 2 aromatic rings. The molecule has 2 rings (SSSR count). The molecule has 0 saturated heterocycles. The molecule has 0 aliphatic rings. The minimum atomic E-state index is -0.173. The number of nitrogens with one attached hydrogen (secondary N) is 2. The van der Waals surface area contributed by atoms with Gasteiger partial charge >= 0.3 is 0 Å². The van der Waals surface area contributed by atoms with Gasteiger partial charge in [0.25, 0.3) is 0 Å².